The van der Waals surface area contributed by atoms with Gasteiger partial charge < -0.3 is 19.2 Å². The highest BCUT2D eigenvalue weighted by atomic mass is 16.5. The Morgan fingerprint density at radius 1 is 0.897 bits per heavy atom. The highest BCUT2D eigenvalue weighted by Crippen LogP contribution is 2.48. The van der Waals surface area contributed by atoms with Crippen molar-refractivity contribution in [3.05, 3.63) is 119 Å². The first-order valence-corrected chi connectivity index (χ1v) is 12.8. The molecule has 2 aliphatic rings. The van der Waals surface area contributed by atoms with Gasteiger partial charge in [0.1, 0.15) is 5.76 Å². The second kappa shape index (κ2) is 10.2. The molecule has 6 rings (SSSR count). The molecular formula is C32H28N2O5. The lowest BCUT2D eigenvalue weighted by Gasteiger charge is -2.35. The fourth-order valence-corrected chi connectivity index (χ4v) is 5.60. The fourth-order valence-electron chi connectivity index (χ4n) is 5.60. The lowest BCUT2D eigenvalue weighted by Crippen LogP contribution is -2.38. The van der Waals surface area contributed by atoms with Crippen molar-refractivity contribution in [2.45, 2.75) is 24.8 Å². The number of carbonyl (C=O) groups excluding carboxylic acids is 2. The van der Waals surface area contributed by atoms with Crippen molar-refractivity contribution >= 4 is 23.1 Å². The Kier molecular flexibility index (Phi) is 6.40. The number of benzene rings is 3. The first kappa shape index (κ1) is 24.6. The number of hydrogen-bond donors (Lipinski definition) is 1. The molecule has 4 aromatic rings. The maximum atomic E-state index is 14.3. The van der Waals surface area contributed by atoms with E-state index in [4.69, 9.17) is 13.9 Å². The number of para-hydroxylation sites is 2. The van der Waals surface area contributed by atoms with E-state index in [-0.39, 0.29) is 24.0 Å². The van der Waals surface area contributed by atoms with Gasteiger partial charge in [0.15, 0.2) is 17.3 Å². The summed E-state index contributed by atoms with van der Waals surface area (Å²) >= 11 is 0. The van der Waals surface area contributed by atoms with Crippen LogP contribution in [0.4, 0.5) is 11.4 Å². The molecule has 0 unspecified atom stereocenters. The maximum absolute atomic E-state index is 14.3. The van der Waals surface area contributed by atoms with Crippen molar-refractivity contribution in [1.82, 2.24) is 0 Å². The SMILES string of the molecule is COc1ccc([C@@H]2C3=C(C[C@@H](c4ccco4)CC3=O)Nc3ccccc3N2C(=O)c2ccccc2)cc1OC. The van der Waals surface area contributed by atoms with E-state index in [0.29, 0.717) is 34.7 Å². The van der Waals surface area contributed by atoms with E-state index in [1.165, 1.54) is 0 Å². The Balaban J connectivity index is 1.59. The number of nitrogens with zero attached hydrogens (tertiary/aromatic N) is 1. The summed E-state index contributed by atoms with van der Waals surface area (Å²) in [4.78, 5) is 30.1. The lowest BCUT2D eigenvalue weighted by molar-refractivity contribution is -0.116. The molecule has 39 heavy (non-hydrogen) atoms. The van der Waals surface area contributed by atoms with Crippen LogP contribution in [0.15, 0.2) is 107 Å². The third-order valence-corrected chi connectivity index (χ3v) is 7.40. The van der Waals surface area contributed by atoms with Gasteiger partial charge in [-0.2, -0.15) is 0 Å². The number of allylic oxidation sites excluding steroid dienone is 1. The summed E-state index contributed by atoms with van der Waals surface area (Å²) in [5.41, 5.74) is 4.05. The number of fused-ring (bicyclic) bond motifs is 1. The molecule has 1 aliphatic heterocycles. The summed E-state index contributed by atoms with van der Waals surface area (Å²) in [6.07, 6.45) is 2.48. The Hall–Kier alpha value is -4.78. The molecule has 0 radical (unpaired) electrons. The number of methoxy groups -OCH3 is 2. The summed E-state index contributed by atoms with van der Waals surface area (Å²) < 4.78 is 16.8. The van der Waals surface area contributed by atoms with Crippen LogP contribution >= 0.6 is 0 Å². The molecule has 7 nitrogen and oxygen atoms in total. The molecule has 2 heterocycles. The number of anilines is 2. The number of rotatable bonds is 5. The quantitative estimate of drug-likeness (QED) is 0.323. The molecule has 1 amide bonds. The molecule has 0 bridgehead atoms. The minimum Gasteiger partial charge on any atom is -0.493 e. The van der Waals surface area contributed by atoms with Crippen molar-refractivity contribution in [1.29, 1.82) is 0 Å². The van der Waals surface area contributed by atoms with Crippen molar-refractivity contribution < 1.29 is 23.5 Å². The normalized spacial score (nSPS) is 18.5. The summed E-state index contributed by atoms with van der Waals surface area (Å²) in [6, 6.07) is 25.4. The first-order valence-electron chi connectivity index (χ1n) is 12.8. The molecule has 7 heteroatoms. The Bertz CT molecular complexity index is 1560. The number of hydrogen-bond acceptors (Lipinski definition) is 6. The van der Waals surface area contributed by atoms with Crippen LogP contribution in [0.3, 0.4) is 0 Å². The van der Waals surface area contributed by atoms with Gasteiger partial charge in [0.2, 0.25) is 0 Å². The van der Waals surface area contributed by atoms with Crippen LogP contribution in [-0.2, 0) is 4.79 Å². The van der Waals surface area contributed by atoms with E-state index in [1.54, 1.807) is 37.5 Å². The van der Waals surface area contributed by atoms with Gasteiger partial charge in [-0.25, -0.2) is 0 Å². The van der Waals surface area contributed by atoms with Crippen molar-refractivity contribution in [2.24, 2.45) is 0 Å². The average molecular weight is 521 g/mol. The Labute approximate surface area is 226 Å². The predicted octanol–water partition coefficient (Wildman–Crippen LogP) is 6.51. The second-order valence-corrected chi connectivity index (χ2v) is 9.64. The van der Waals surface area contributed by atoms with E-state index in [2.05, 4.69) is 5.32 Å². The minimum atomic E-state index is -0.700. The number of ketones is 1. The summed E-state index contributed by atoms with van der Waals surface area (Å²) in [6.45, 7) is 0. The average Bonchev–Trinajstić information content (AvgIpc) is 3.47. The molecule has 1 aliphatic carbocycles. The van der Waals surface area contributed by atoms with Crippen LogP contribution in [0, 0.1) is 0 Å². The molecule has 2 atom stereocenters. The monoisotopic (exact) mass is 520 g/mol. The van der Waals surface area contributed by atoms with Crippen molar-refractivity contribution in [3.63, 3.8) is 0 Å². The van der Waals surface area contributed by atoms with Crippen LogP contribution < -0.4 is 19.7 Å². The van der Waals surface area contributed by atoms with Gasteiger partial charge in [-0.3, -0.25) is 14.5 Å². The standard InChI is InChI=1S/C32H28N2O5/c1-37-28-15-14-21(19-29(28)38-2)31-30-24(17-22(18-26(30)35)27-13-8-16-39-27)33-23-11-6-7-12-25(23)34(31)32(36)20-9-4-3-5-10-20/h3-16,19,22,31,33H,17-18H2,1-2H3/t22-,31-/m1/s1. The molecule has 196 valence electrons. The van der Waals surface area contributed by atoms with Crippen molar-refractivity contribution in [3.8, 4) is 11.5 Å². The number of carbonyl (C=O) groups is 2. The lowest BCUT2D eigenvalue weighted by atomic mass is 9.80. The largest absolute Gasteiger partial charge is 0.493 e. The van der Waals surface area contributed by atoms with Crippen LogP contribution in [0.25, 0.3) is 0 Å². The molecule has 0 saturated heterocycles. The third kappa shape index (κ3) is 4.36. The number of ether oxygens (including phenoxy) is 2. The number of Topliss-reactive ketones (excluding diaryl/α,β-unsaturated/α-hetero) is 1. The zero-order valence-corrected chi connectivity index (χ0v) is 21.7. The van der Waals surface area contributed by atoms with Gasteiger partial charge in [-0.05, 0) is 60.5 Å². The van der Waals surface area contributed by atoms with Crippen LogP contribution in [0.5, 0.6) is 11.5 Å². The van der Waals surface area contributed by atoms with E-state index in [9.17, 15) is 9.59 Å². The molecule has 3 aromatic carbocycles. The summed E-state index contributed by atoms with van der Waals surface area (Å²) in [7, 11) is 3.15. The van der Waals surface area contributed by atoms with E-state index in [1.807, 2.05) is 72.8 Å². The summed E-state index contributed by atoms with van der Waals surface area (Å²) in [5, 5.41) is 3.54. The fraction of sp³-hybridized carbons (Fsp3) is 0.188. The van der Waals surface area contributed by atoms with Gasteiger partial charge >= 0.3 is 0 Å². The zero-order valence-electron chi connectivity index (χ0n) is 21.7. The minimum absolute atomic E-state index is 0.0383. The van der Waals surface area contributed by atoms with Crippen molar-refractivity contribution in [2.75, 3.05) is 24.4 Å². The number of amides is 1. The predicted molar refractivity (Wildman–Crippen MR) is 148 cm³/mol. The molecule has 0 spiro atoms. The molecule has 0 fully saturated rings. The zero-order chi connectivity index (χ0) is 26.9. The summed E-state index contributed by atoms with van der Waals surface area (Å²) in [5.74, 6) is 1.51. The van der Waals surface area contributed by atoms with Gasteiger partial charge in [-0.15, -0.1) is 0 Å². The third-order valence-electron chi connectivity index (χ3n) is 7.40. The van der Waals surface area contributed by atoms with E-state index >= 15 is 0 Å². The highest BCUT2D eigenvalue weighted by Gasteiger charge is 2.42. The maximum Gasteiger partial charge on any atom is 0.259 e. The highest BCUT2D eigenvalue weighted by molar-refractivity contribution is 6.12. The van der Waals surface area contributed by atoms with E-state index < -0.39 is 6.04 Å². The molecule has 1 aromatic heterocycles. The van der Waals surface area contributed by atoms with Gasteiger partial charge in [0.25, 0.3) is 5.91 Å². The molecular weight excluding hydrogens is 492 g/mol. The van der Waals surface area contributed by atoms with Crippen LogP contribution in [0.1, 0.15) is 46.5 Å². The Morgan fingerprint density at radius 2 is 1.67 bits per heavy atom. The molecule has 1 N–H and O–H groups in total. The van der Waals surface area contributed by atoms with Crippen LogP contribution in [-0.4, -0.2) is 25.9 Å². The topological polar surface area (TPSA) is 81.0 Å². The van der Waals surface area contributed by atoms with Gasteiger partial charge in [-0.1, -0.05) is 36.4 Å². The van der Waals surface area contributed by atoms with E-state index in [0.717, 1.165) is 22.7 Å². The molecule has 0 saturated carbocycles. The Morgan fingerprint density at radius 3 is 2.41 bits per heavy atom. The van der Waals surface area contributed by atoms with Gasteiger partial charge in [0, 0.05) is 29.2 Å². The van der Waals surface area contributed by atoms with Gasteiger partial charge in [0.05, 0.1) is 37.9 Å². The van der Waals surface area contributed by atoms with Crippen LogP contribution in [0.2, 0.25) is 0 Å². The smallest absolute Gasteiger partial charge is 0.259 e. The first-order chi connectivity index (χ1) is 19.1. The number of nitrogens with one attached hydrogen (secondary N) is 1. The number of furan rings is 1. The second-order valence-electron chi connectivity index (χ2n) is 9.64.